The number of hydrogen-bond acceptors (Lipinski definition) is 2. The first-order chi connectivity index (χ1) is 8.61. The topological polar surface area (TPSA) is 49.3 Å². The molecule has 3 unspecified atom stereocenters. The number of halogens is 1. The number of benzene rings is 1. The van der Waals surface area contributed by atoms with Gasteiger partial charge in [-0.25, -0.2) is 0 Å². The minimum atomic E-state index is 0.0497. The molecule has 18 heavy (non-hydrogen) atoms. The lowest BCUT2D eigenvalue weighted by molar-refractivity contribution is -0.123. The molecule has 2 rings (SSSR count). The molecule has 1 aliphatic rings. The van der Waals surface area contributed by atoms with E-state index in [0.29, 0.717) is 12.3 Å². The molecule has 0 aromatic heterocycles. The molecule has 2 N–H and O–H groups in total. The highest BCUT2D eigenvalue weighted by molar-refractivity contribution is 9.10. The van der Waals surface area contributed by atoms with Crippen LogP contribution in [0.25, 0.3) is 0 Å². The average molecular weight is 312 g/mol. The summed E-state index contributed by atoms with van der Waals surface area (Å²) in [7, 11) is 0. The zero-order valence-corrected chi connectivity index (χ0v) is 12.0. The fourth-order valence-corrected chi connectivity index (χ4v) is 2.44. The van der Waals surface area contributed by atoms with Gasteiger partial charge in [-0.3, -0.25) is 4.79 Å². The second-order valence-corrected chi connectivity index (χ2v) is 5.84. The molecule has 0 heterocycles. The van der Waals surface area contributed by atoms with Crippen LogP contribution in [0.15, 0.2) is 28.7 Å². The van der Waals surface area contributed by atoms with E-state index in [1.807, 2.05) is 19.1 Å². The molecule has 1 amide bonds. The van der Waals surface area contributed by atoms with Crippen molar-refractivity contribution in [2.45, 2.75) is 31.7 Å². The third-order valence-electron chi connectivity index (χ3n) is 3.38. The Morgan fingerprint density at radius 3 is 2.78 bits per heavy atom. The van der Waals surface area contributed by atoms with Gasteiger partial charge in [-0.1, -0.05) is 28.1 Å². The second kappa shape index (κ2) is 5.85. The summed E-state index contributed by atoms with van der Waals surface area (Å²) in [4.78, 5) is 11.9. The molecule has 3 atom stereocenters. The van der Waals surface area contributed by atoms with Gasteiger partial charge in [-0.05, 0) is 43.4 Å². The van der Waals surface area contributed by atoms with E-state index >= 15 is 0 Å². The fraction of sp³-hybridized carbons (Fsp3) is 0.500. The van der Waals surface area contributed by atoms with Crippen LogP contribution in [-0.2, 0) is 4.79 Å². The molecule has 0 spiro atoms. The first-order valence-corrected chi connectivity index (χ1v) is 7.08. The molecular formula is C14H18BrNO2. The molecule has 0 bridgehead atoms. The summed E-state index contributed by atoms with van der Waals surface area (Å²) in [5.41, 5.74) is 1.23. The summed E-state index contributed by atoms with van der Waals surface area (Å²) in [5, 5.41) is 11.7. The third-order valence-corrected chi connectivity index (χ3v) is 3.90. The number of aliphatic hydroxyl groups excluding tert-OH is 1. The predicted molar refractivity (Wildman–Crippen MR) is 74.3 cm³/mol. The number of carbonyl (C=O) groups excluding carboxylic acids is 1. The Hall–Kier alpha value is -0.870. The van der Waals surface area contributed by atoms with Crippen LogP contribution in [0.2, 0.25) is 0 Å². The van der Waals surface area contributed by atoms with E-state index in [0.717, 1.165) is 10.9 Å². The SMILES string of the molecule is CC(CCO)NC(=O)C1CC1c1ccc(Br)cc1. The van der Waals surface area contributed by atoms with Crippen molar-refractivity contribution in [3.63, 3.8) is 0 Å². The van der Waals surface area contributed by atoms with Crippen LogP contribution in [-0.4, -0.2) is 23.7 Å². The van der Waals surface area contributed by atoms with E-state index in [2.05, 4.69) is 33.4 Å². The quantitative estimate of drug-likeness (QED) is 0.877. The summed E-state index contributed by atoms with van der Waals surface area (Å²) in [6.45, 7) is 2.04. The Morgan fingerprint density at radius 2 is 2.17 bits per heavy atom. The van der Waals surface area contributed by atoms with Gasteiger partial charge in [0.05, 0.1) is 0 Å². The maximum atomic E-state index is 11.9. The van der Waals surface area contributed by atoms with E-state index in [-0.39, 0.29) is 24.5 Å². The zero-order valence-electron chi connectivity index (χ0n) is 10.4. The monoisotopic (exact) mass is 311 g/mol. The van der Waals surface area contributed by atoms with Crippen LogP contribution in [0.1, 0.15) is 31.2 Å². The van der Waals surface area contributed by atoms with Gasteiger partial charge in [-0.15, -0.1) is 0 Å². The summed E-state index contributed by atoms with van der Waals surface area (Å²) < 4.78 is 1.06. The summed E-state index contributed by atoms with van der Waals surface area (Å²) in [5.74, 6) is 0.579. The van der Waals surface area contributed by atoms with Crippen molar-refractivity contribution in [3.05, 3.63) is 34.3 Å². The molecule has 3 nitrogen and oxygen atoms in total. The van der Waals surface area contributed by atoms with Crippen LogP contribution in [0.4, 0.5) is 0 Å². The lowest BCUT2D eigenvalue weighted by atomic mass is 10.1. The van der Waals surface area contributed by atoms with Crippen LogP contribution < -0.4 is 5.32 Å². The van der Waals surface area contributed by atoms with Crippen LogP contribution in [0.5, 0.6) is 0 Å². The van der Waals surface area contributed by atoms with Crippen LogP contribution in [0.3, 0.4) is 0 Å². The lowest BCUT2D eigenvalue weighted by Gasteiger charge is -2.12. The van der Waals surface area contributed by atoms with E-state index in [4.69, 9.17) is 5.11 Å². The molecule has 0 saturated heterocycles. The first-order valence-electron chi connectivity index (χ1n) is 6.28. The van der Waals surface area contributed by atoms with Gasteiger partial charge in [0.25, 0.3) is 0 Å². The smallest absolute Gasteiger partial charge is 0.223 e. The van der Waals surface area contributed by atoms with Gasteiger partial charge in [0.2, 0.25) is 5.91 Å². The Labute approximate surface area is 116 Å². The number of carbonyl (C=O) groups is 1. The van der Waals surface area contributed by atoms with Crippen LogP contribution >= 0.6 is 15.9 Å². The van der Waals surface area contributed by atoms with E-state index in [1.54, 1.807) is 0 Å². The Balaban J connectivity index is 1.87. The van der Waals surface area contributed by atoms with Crippen molar-refractivity contribution in [2.24, 2.45) is 5.92 Å². The fourth-order valence-electron chi connectivity index (χ4n) is 2.18. The molecule has 1 aromatic rings. The number of aliphatic hydroxyl groups is 1. The lowest BCUT2D eigenvalue weighted by Crippen LogP contribution is -2.34. The maximum Gasteiger partial charge on any atom is 0.223 e. The zero-order chi connectivity index (χ0) is 13.1. The molecule has 1 aromatic carbocycles. The summed E-state index contributed by atoms with van der Waals surface area (Å²) in [6.07, 6.45) is 1.54. The standard InChI is InChI=1S/C14H18BrNO2/c1-9(6-7-17)16-14(18)13-8-12(13)10-2-4-11(15)5-3-10/h2-5,9,12-13,17H,6-8H2,1H3,(H,16,18). The van der Waals surface area contributed by atoms with E-state index in [9.17, 15) is 4.79 Å². The highest BCUT2D eigenvalue weighted by Crippen LogP contribution is 2.47. The van der Waals surface area contributed by atoms with Gasteiger partial charge >= 0.3 is 0 Å². The maximum absolute atomic E-state index is 11.9. The highest BCUT2D eigenvalue weighted by atomic mass is 79.9. The van der Waals surface area contributed by atoms with E-state index in [1.165, 1.54) is 5.56 Å². The van der Waals surface area contributed by atoms with Crippen molar-refractivity contribution in [1.29, 1.82) is 0 Å². The molecular weight excluding hydrogens is 294 g/mol. The van der Waals surface area contributed by atoms with Gasteiger partial charge in [0, 0.05) is 23.0 Å². The molecule has 0 radical (unpaired) electrons. The second-order valence-electron chi connectivity index (χ2n) is 4.92. The molecule has 4 heteroatoms. The third kappa shape index (κ3) is 3.33. The molecule has 0 aliphatic heterocycles. The Kier molecular flexibility index (Phi) is 4.40. The van der Waals surface area contributed by atoms with Gasteiger partial charge < -0.3 is 10.4 Å². The minimum absolute atomic E-state index is 0.0497. The van der Waals surface area contributed by atoms with Crippen molar-refractivity contribution >= 4 is 21.8 Å². The molecule has 1 fully saturated rings. The van der Waals surface area contributed by atoms with Crippen molar-refractivity contribution < 1.29 is 9.90 Å². The number of hydrogen-bond donors (Lipinski definition) is 2. The normalized spacial score (nSPS) is 23.5. The largest absolute Gasteiger partial charge is 0.396 e. The Morgan fingerprint density at radius 1 is 1.50 bits per heavy atom. The van der Waals surface area contributed by atoms with Gasteiger partial charge in [0.15, 0.2) is 0 Å². The van der Waals surface area contributed by atoms with Crippen molar-refractivity contribution in [1.82, 2.24) is 5.32 Å². The van der Waals surface area contributed by atoms with E-state index < -0.39 is 0 Å². The highest BCUT2D eigenvalue weighted by Gasteiger charge is 2.43. The predicted octanol–water partition coefficient (Wildman–Crippen LogP) is 2.44. The minimum Gasteiger partial charge on any atom is -0.396 e. The number of nitrogens with one attached hydrogen (secondary N) is 1. The van der Waals surface area contributed by atoms with Gasteiger partial charge in [-0.2, -0.15) is 0 Å². The molecule has 1 saturated carbocycles. The summed E-state index contributed by atoms with van der Waals surface area (Å²) in [6, 6.07) is 8.21. The Bertz CT molecular complexity index is 418. The molecule has 98 valence electrons. The number of amides is 1. The number of rotatable bonds is 5. The van der Waals surface area contributed by atoms with Crippen molar-refractivity contribution in [3.8, 4) is 0 Å². The van der Waals surface area contributed by atoms with Gasteiger partial charge in [0.1, 0.15) is 0 Å². The summed E-state index contributed by atoms with van der Waals surface area (Å²) >= 11 is 3.41. The molecule has 1 aliphatic carbocycles. The van der Waals surface area contributed by atoms with Crippen molar-refractivity contribution in [2.75, 3.05) is 6.61 Å². The average Bonchev–Trinajstić information content (AvgIpc) is 3.10. The first kappa shape index (κ1) is 13.6. The van der Waals surface area contributed by atoms with Crippen LogP contribution in [0, 0.1) is 5.92 Å².